The van der Waals surface area contributed by atoms with Gasteiger partial charge in [0.2, 0.25) is 0 Å². The molecule has 2 aliphatic carbocycles. The van der Waals surface area contributed by atoms with E-state index in [1.165, 1.54) is 34.9 Å². The van der Waals surface area contributed by atoms with Gasteiger partial charge in [-0.25, -0.2) is 4.98 Å². The maximum Gasteiger partial charge on any atom is 0.268 e. The van der Waals surface area contributed by atoms with Gasteiger partial charge in [0.25, 0.3) is 6.33 Å². The fourth-order valence-electron chi connectivity index (χ4n) is 11.6. The Kier molecular flexibility index (Phi) is 7.56. The van der Waals surface area contributed by atoms with Crippen molar-refractivity contribution in [3.8, 4) is 73.2 Å². The topological polar surface area (TPSA) is 35.9 Å². The molecule has 0 N–H and O–H groups in total. The first-order valence-corrected chi connectivity index (χ1v) is 28.7. The normalized spacial score (nSPS) is 25.3. The van der Waals surface area contributed by atoms with Crippen LogP contribution in [-0.2, 0) is 53.6 Å². The summed E-state index contributed by atoms with van der Waals surface area (Å²) < 4.78 is 369. The van der Waals surface area contributed by atoms with Crippen molar-refractivity contribution in [2.24, 2.45) is 0 Å². The first-order valence-electron chi connectivity index (χ1n) is 47.7. The fourth-order valence-corrected chi connectivity index (χ4v) is 11.6. The van der Waals surface area contributed by atoms with Gasteiger partial charge in [-0.1, -0.05) is 235 Å². The molecular weight excluding hydrogens is 1280 g/mol. The van der Waals surface area contributed by atoms with Crippen molar-refractivity contribution in [3.05, 3.63) is 246 Å². The maximum atomic E-state index is 10.6. The van der Waals surface area contributed by atoms with Gasteiger partial charge in [0.05, 0.1) is 24.9 Å². The van der Waals surface area contributed by atoms with Crippen LogP contribution in [0.1, 0.15) is 207 Å². The van der Waals surface area contributed by atoms with Crippen molar-refractivity contribution >= 4 is 32.8 Å². The van der Waals surface area contributed by atoms with Crippen LogP contribution in [0.4, 0.5) is 0 Å². The average molecular weight is 1400 g/mol. The number of benzene rings is 9. The van der Waals surface area contributed by atoms with Crippen LogP contribution < -0.4 is 9.30 Å². The molecule has 5 nitrogen and oxygen atoms in total. The van der Waals surface area contributed by atoms with E-state index in [4.69, 9.17) is 26.2 Å². The summed E-state index contributed by atoms with van der Waals surface area (Å²) in [4.78, 5) is 4.86. The second kappa shape index (κ2) is 22.1. The Hall–Kier alpha value is -8.11. The third-order valence-corrected chi connectivity index (χ3v) is 16.4. The van der Waals surface area contributed by atoms with Crippen molar-refractivity contribution in [1.82, 2.24) is 14.1 Å². The van der Waals surface area contributed by atoms with Crippen LogP contribution in [0.2, 0.25) is 0 Å². The van der Waals surface area contributed by atoms with Gasteiger partial charge in [0.1, 0.15) is 5.82 Å². The van der Waals surface area contributed by atoms with Gasteiger partial charge < -0.3 is 13.9 Å². The molecule has 0 saturated heterocycles. The number of ether oxygens (including phenoxy) is 1. The van der Waals surface area contributed by atoms with Gasteiger partial charge in [-0.3, -0.25) is 4.57 Å². The summed E-state index contributed by atoms with van der Waals surface area (Å²) in [6, 6.07) is 38.5. The molecule has 0 spiro atoms. The first-order chi connectivity index (χ1) is 57.9. The number of pyridine rings is 1. The molecule has 3 aromatic heterocycles. The van der Waals surface area contributed by atoms with Crippen LogP contribution in [0.25, 0.3) is 94.5 Å². The molecule has 12 aromatic rings. The van der Waals surface area contributed by atoms with Gasteiger partial charge in [-0.2, -0.15) is 18.2 Å². The molecule has 0 radical (unpaired) electrons. The van der Waals surface area contributed by atoms with E-state index in [0.29, 0.717) is 22.5 Å². The number of hydrogen-bond acceptors (Lipinski definition) is 2. The molecule has 2 aliphatic rings. The standard InChI is InChI=1S/C84H82N4O.Pt/c1-79(2,3)60-32-26-55(27-33-60)57-31-39-74-76(49-57)86(53-87(74)78-65(58-28-36-69-71(47-58)83(11,12)43-41-81(69,7)8)24-19-25-66(78)59-29-37-70-72(48-59)84(13,14)44-42-82(70,9)10)62-22-18-23-63(51-62)89-64-34-35-67-68-46-56(54-20-16-15-17-21-54)30-38-73(68)88(75(67)52-64)77-50-61(40-45-85-77)80(4,5)6;/h15-40,45-50H,41-44H2,1-14H3;/q-2;/i7D3,8D3,9D3,10D3,11D3,12D3,13D3,14D3,28D,29D,36D,37D,41D2,42D2,43D2,44D2,47D,48D;. The van der Waals surface area contributed by atoms with Crippen molar-refractivity contribution in [2.75, 3.05) is 0 Å². The van der Waals surface area contributed by atoms with E-state index in [2.05, 4.69) is 45.3 Å². The van der Waals surface area contributed by atoms with E-state index in [-0.39, 0.29) is 60.1 Å². The summed E-state index contributed by atoms with van der Waals surface area (Å²) in [5.74, 6) is 0.614. The second-order valence-electron chi connectivity index (χ2n) is 24.7. The SMILES string of the molecule is [2H]c1c([2H])c2c(c([2H])c1-c1cccc(-c3c([2H])c([2H])c4c(c3[2H])C(C([2H])([2H])[2H])(C([2H])([2H])[2H])C([2H])([2H])C([2H])([2H])C4(C([2H])([2H])[2H])C([2H])([2H])[2H])c1-[n+]1[c-]n(-c3[c-]c(Oc4[c-]c5c(cc4)c4cc(-c6ccccc6)ccc4n5-c4cc(C(C)(C)C)ccn4)ccc3)c3cc(-c4ccc(C(C)(C)C)cc4)ccc31)C(C([2H])([2H])[2H])(C([2H])([2H])[2H])C([2H])([2H])C([2H])([2H])C2(C([2H])([2H])[2H])C([2H])([2H])[2H].[Pt]. The summed E-state index contributed by atoms with van der Waals surface area (Å²) in [6.45, 7) is -24.5. The summed E-state index contributed by atoms with van der Waals surface area (Å²) >= 11 is 0. The predicted molar refractivity (Wildman–Crippen MR) is 370 cm³/mol. The Morgan fingerprint density at radius 2 is 1.08 bits per heavy atom. The van der Waals surface area contributed by atoms with Gasteiger partial charge in [-0.15, -0.1) is 29.7 Å². The third kappa shape index (κ3) is 10.8. The minimum Gasteiger partial charge on any atom is -0.510 e. The molecule has 0 unspecified atom stereocenters. The number of imidazole rings is 1. The molecule has 9 aromatic carbocycles. The summed E-state index contributed by atoms with van der Waals surface area (Å²) in [5.41, 5.74) is -26.9. The fraction of sp³-hybridized carbons (Fsp3) is 0.286. The molecule has 0 bridgehead atoms. The smallest absolute Gasteiger partial charge is 0.268 e. The Morgan fingerprint density at radius 1 is 0.511 bits per heavy atom. The van der Waals surface area contributed by atoms with Crippen LogP contribution >= 0.6 is 0 Å². The zero-order chi connectivity index (χ0) is 94.6. The summed E-state index contributed by atoms with van der Waals surface area (Å²) in [6.07, 6.45) is -14.5. The van der Waals surface area contributed by atoms with E-state index < -0.39 is 188 Å². The van der Waals surface area contributed by atoms with Gasteiger partial charge in [0, 0.05) is 88.1 Å². The number of rotatable bonds is 9. The molecule has 6 heteroatoms. The summed E-state index contributed by atoms with van der Waals surface area (Å²) in [5, 5.41) is 1.57. The molecule has 14 rings (SSSR count). The van der Waals surface area contributed by atoms with Crippen LogP contribution in [0.15, 0.2) is 194 Å². The minimum absolute atomic E-state index is 0. The van der Waals surface area contributed by atoms with E-state index in [9.17, 15) is 35.6 Å². The van der Waals surface area contributed by atoms with E-state index in [1.807, 2.05) is 98.1 Å². The van der Waals surface area contributed by atoms with E-state index >= 15 is 0 Å². The van der Waals surface area contributed by atoms with E-state index in [0.717, 1.165) is 61.3 Å². The molecule has 90 heavy (non-hydrogen) atoms. The summed E-state index contributed by atoms with van der Waals surface area (Å²) in [7, 11) is 0. The quantitative estimate of drug-likeness (QED) is 0.107. The van der Waals surface area contributed by atoms with Crippen molar-refractivity contribution in [1.29, 1.82) is 0 Å². The average Bonchev–Trinajstić information content (AvgIpc) is 0.706. The van der Waals surface area contributed by atoms with Crippen molar-refractivity contribution < 1.29 is 82.5 Å². The van der Waals surface area contributed by atoms with Crippen LogP contribution in [-0.4, -0.2) is 14.1 Å². The second-order valence-corrected chi connectivity index (χ2v) is 24.7. The molecule has 0 amide bonds. The Balaban J connectivity index is 0.0000140. The monoisotopic (exact) mass is 1400 g/mol. The zero-order valence-electron chi connectivity index (χ0n) is 87.5. The van der Waals surface area contributed by atoms with Gasteiger partial charge in [-0.05, 0) is 171 Å². The van der Waals surface area contributed by atoms with E-state index in [1.54, 1.807) is 30.5 Å². The third-order valence-electron chi connectivity index (χ3n) is 16.4. The van der Waals surface area contributed by atoms with Gasteiger partial charge in [0.15, 0.2) is 0 Å². The Morgan fingerprint density at radius 3 is 1.70 bits per heavy atom. The maximum absolute atomic E-state index is 10.6. The van der Waals surface area contributed by atoms with Crippen molar-refractivity contribution in [2.45, 2.75) is 154 Å². The van der Waals surface area contributed by atoms with Crippen molar-refractivity contribution in [3.63, 3.8) is 0 Å². The predicted octanol–water partition coefficient (Wildman–Crippen LogP) is 21.6. The minimum atomic E-state index is -4.88. The van der Waals surface area contributed by atoms with Gasteiger partial charge >= 0.3 is 0 Å². The number of aromatic nitrogens is 4. The Bertz CT molecular complexity index is 6240. The molecule has 0 fully saturated rings. The van der Waals surface area contributed by atoms with Crippen LogP contribution in [0.3, 0.4) is 0 Å². The largest absolute Gasteiger partial charge is 0.510 e. The first kappa shape index (κ1) is 30.8. The number of para-hydroxylation sites is 1. The molecule has 456 valence electrons. The Labute approximate surface area is 601 Å². The molecular formula is C84H82N4OPt-2. The number of hydrogen-bond donors (Lipinski definition) is 0. The molecule has 0 saturated carbocycles. The molecule has 0 aliphatic heterocycles. The number of fused-ring (bicyclic) bond motifs is 6. The van der Waals surface area contributed by atoms with Crippen LogP contribution in [0, 0.1) is 18.5 Å². The number of nitrogens with zero attached hydrogens (tertiary/aromatic N) is 4. The zero-order valence-corrected chi connectivity index (χ0v) is 51.8. The molecule has 3 heterocycles. The molecule has 0 atom stereocenters. The van der Waals surface area contributed by atoms with Crippen LogP contribution in [0.5, 0.6) is 11.5 Å².